The molecular formula is C17H17F3N4O2. The summed E-state index contributed by atoms with van der Waals surface area (Å²) in [5.74, 6) is -0.140. The van der Waals surface area contributed by atoms with Crippen LogP contribution in [0, 0.1) is 0 Å². The summed E-state index contributed by atoms with van der Waals surface area (Å²) in [6, 6.07) is 4.40. The minimum absolute atomic E-state index is 0.00470. The summed E-state index contributed by atoms with van der Waals surface area (Å²) in [7, 11) is 0. The van der Waals surface area contributed by atoms with Gasteiger partial charge in [-0.25, -0.2) is 9.97 Å². The van der Waals surface area contributed by atoms with E-state index in [9.17, 15) is 18.0 Å². The summed E-state index contributed by atoms with van der Waals surface area (Å²) in [4.78, 5) is 20.2. The summed E-state index contributed by atoms with van der Waals surface area (Å²) >= 11 is 0. The maximum atomic E-state index is 12.7. The number of hydrogen-bond acceptors (Lipinski definition) is 5. The minimum Gasteiger partial charge on any atom is -0.376 e. The number of hydrogen-bond donors (Lipinski definition) is 2. The molecule has 1 aromatic carbocycles. The predicted octanol–water partition coefficient (Wildman–Crippen LogP) is 3.34. The van der Waals surface area contributed by atoms with Crippen molar-refractivity contribution < 1.29 is 22.7 Å². The fourth-order valence-electron chi connectivity index (χ4n) is 2.53. The molecule has 0 saturated carbocycles. The molecule has 0 bridgehead atoms. The lowest BCUT2D eigenvalue weighted by Gasteiger charge is -2.11. The Morgan fingerprint density at radius 3 is 2.77 bits per heavy atom. The van der Waals surface area contributed by atoms with E-state index >= 15 is 0 Å². The quantitative estimate of drug-likeness (QED) is 0.849. The van der Waals surface area contributed by atoms with Crippen molar-refractivity contribution >= 4 is 17.4 Å². The molecule has 0 radical (unpaired) electrons. The summed E-state index contributed by atoms with van der Waals surface area (Å²) in [6.45, 7) is 1.36. The molecule has 1 aliphatic heterocycles. The normalized spacial score (nSPS) is 17.1. The van der Waals surface area contributed by atoms with E-state index in [-0.39, 0.29) is 17.5 Å². The predicted molar refractivity (Wildman–Crippen MR) is 88.9 cm³/mol. The Balaban J connectivity index is 1.59. The zero-order valence-electron chi connectivity index (χ0n) is 13.7. The summed E-state index contributed by atoms with van der Waals surface area (Å²) in [5.41, 5.74) is -0.799. The first kappa shape index (κ1) is 18.1. The largest absolute Gasteiger partial charge is 0.416 e. The van der Waals surface area contributed by atoms with Gasteiger partial charge in [0.1, 0.15) is 11.5 Å². The smallest absolute Gasteiger partial charge is 0.376 e. The van der Waals surface area contributed by atoms with Crippen LogP contribution in [-0.2, 0) is 10.9 Å². The number of nitrogens with zero attached hydrogens (tertiary/aromatic N) is 2. The van der Waals surface area contributed by atoms with Gasteiger partial charge in [0.15, 0.2) is 0 Å². The highest BCUT2D eigenvalue weighted by molar-refractivity contribution is 6.02. The second kappa shape index (κ2) is 7.69. The van der Waals surface area contributed by atoms with Gasteiger partial charge in [0.2, 0.25) is 0 Å². The SMILES string of the molecule is O=C(Nc1cccc(C(F)(F)F)c1)c1cnc(NCC2CCCO2)cn1. The third kappa shape index (κ3) is 4.69. The standard InChI is InChI=1S/C17H17F3N4O2/c18-17(19,20)11-3-1-4-12(7-11)24-16(25)14-9-23-15(10-21-14)22-8-13-5-2-6-26-13/h1,3-4,7,9-10,13H,2,5-6,8H2,(H,22,23)(H,24,25). The number of benzene rings is 1. The number of halogens is 3. The molecule has 0 aliphatic carbocycles. The van der Waals surface area contributed by atoms with E-state index in [0.717, 1.165) is 31.6 Å². The number of carbonyl (C=O) groups excluding carboxylic acids is 1. The van der Waals surface area contributed by atoms with Crippen LogP contribution in [-0.4, -0.2) is 35.1 Å². The van der Waals surface area contributed by atoms with Crippen molar-refractivity contribution in [2.45, 2.75) is 25.1 Å². The van der Waals surface area contributed by atoms with Gasteiger partial charge in [0.05, 0.1) is 24.1 Å². The van der Waals surface area contributed by atoms with Crippen molar-refractivity contribution in [3.63, 3.8) is 0 Å². The monoisotopic (exact) mass is 366 g/mol. The van der Waals surface area contributed by atoms with Crippen LogP contribution < -0.4 is 10.6 Å². The number of anilines is 2. The molecule has 2 N–H and O–H groups in total. The van der Waals surface area contributed by atoms with Crippen molar-refractivity contribution in [2.75, 3.05) is 23.8 Å². The Morgan fingerprint density at radius 1 is 1.27 bits per heavy atom. The van der Waals surface area contributed by atoms with Gasteiger partial charge in [-0.1, -0.05) is 6.07 Å². The molecule has 1 saturated heterocycles. The third-order valence-electron chi connectivity index (χ3n) is 3.87. The molecule has 2 heterocycles. The first-order valence-electron chi connectivity index (χ1n) is 8.08. The molecule has 1 atom stereocenters. The average Bonchev–Trinajstić information content (AvgIpc) is 3.13. The van der Waals surface area contributed by atoms with Crippen molar-refractivity contribution in [3.05, 3.63) is 47.9 Å². The maximum Gasteiger partial charge on any atom is 0.416 e. The molecule has 9 heteroatoms. The summed E-state index contributed by atoms with van der Waals surface area (Å²) in [5, 5.41) is 5.46. The Kier molecular flexibility index (Phi) is 5.36. The van der Waals surface area contributed by atoms with E-state index in [2.05, 4.69) is 20.6 Å². The highest BCUT2D eigenvalue weighted by Gasteiger charge is 2.30. The zero-order valence-corrected chi connectivity index (χ0v) is 13.7. The van der Waals surface area contributed by atoms with Crippen LogP contribution in [0.1, 0.15) is 28.9 Å². The maximum absolute atomic E-state index is 12.7. The number of carbonyl (C=O) groups is 1. The van der Waals surface area contributed by atoms with Crippen LogP contribution in [0.5, 0.6) is 0 Å². The molecular weight excluding hydrogens is 349 g/mol. The van der Waals surface area contributed by atoms with E-state index in [0.29, 0.717) is 12.4 Å². The van der Waals surface area contributed by atoms with Gasteiger partial charge in [-0.2, -0.15) is 13.2 Å². The van der Waals surface area contributed by atoms with Gasteiger partial charge in [-0.05, 0) is 31.0 Å². The Labute approximate surface area is 147 Å². The van der Waals surface area contributed by atoms with Gasteiger partial charge in [0, 0.05) is 18.8 Å². The van der Waals surface area contributed by atoms with Crippen molar-refractivity contribution in [1.29, 1.82) is 0 Å². The van der Waals surface area contributed by atoms with Crippen LogP contribution >= 0.6 is 0 Å². The molecule has 1 unspecified atom stereocenters. The molecule has 3 rings (SSSR count). The van der Waals surface area contributed by atoms with E-state index < -0.39 is 17.6 Å². The van der Waals surface area contributed by atoms with E-state index in [1.807, 2.05) is 0 Å². The van der Waals surface area contributed by atoms with Gasteiger partial charge in [-0.15, -0.1) is 0 Å². The first-order chi connectivity index (χ1) is 12.4. The first-order valence-corrected chi connectivity index (χ1v) is 8.08. The highest BCUT2D eigenvalue weighted by atomic mass is 19.4. The zero-order chi connectivity index (χ0) is 18.6. The fourth-order valence-corrected chi connectivity index (χ4v) is 2.53. The van der Waals surface area contributed by atoms with E-state index in [1.54, 1.807) is 0 Å². The van der Waals surface area contributed by atoms with E-state index in [4.69, 9.17) is 4.74 Å². The number of amides is 1. The lowest BCUT2D eigenvalue weighted by atomic mass is 10.2. The Morgan fingerprint density at radius 2 is 2.12 bits per heavy atom. The molecule has 1 amide bonds. The number of ether oxygens (including phenoxy) is 1. The third-order valence-corrected chi connectivity index (χ3v) is 3.87. The van der Waals surface area contributed by atoms with Gasteiger partial charge in [0.25, 0.3) is 5.91 Å². The van der Waals surface area contributed by atoms with Crippen molar-refractivity contribution in [1.82, 2.24) is 9.97 Å². The molecule has 26 heavy (non-hydrogen) atoms. The van der Waals surface area contributed by atoms with Crippen LogP contribution in [0.3, 0.4) is 0 Å². The Hall–Kier alpha value is -2.68. The summed E-state index contributed by atoms with van der Waals surface area (Å²) in [6.07, 6.45) is 0.346. The molecule has 6 nitrogen and oxygen atoms in total. The lowest BCUT2D eigenvalue weighted by molar-refractivity contribution is -0.137. The fraction of sp³-hybridized carbons (Fsp3) is 0.353. The minimum atomic E-state index is -4.48. The highest BCUT2D eigenvalue weighted by Crippen LogP contribution is 2.30. The number of nitrogens with one attached hydrogen (secondary N) is 2. The number of aromatic nitrogens is 2. The molecule has 1 fully saturated rings. The second-order valence-electron chi connectivity index (χ2n) is 5.84. The number of alkyl halides is 3. The molecule has 1 aromatic heterocycles. The average molecular weight is 366 g/mol. The van der Waals surface area contributed by atoms with Crippen molar-refractivity contribution in [3.8, 4) is 0 Å². The lowest BCUT2D eigenvalue weighted by Crippen LogP contribution is -2.19. The van der Waals surface area contributed by atoms with Crippen molar-refractivity contribution in [2.24, 2.45) is 0 Å². The topological polar surface area (TPSA) is 76.1 Å². The second-order valence-corrected chi connectivity index (χ2v) is 5.84. The molecule has 1 aliphatic rings. The van der Waals surface area contributed by atoms with Gasteiger partial charge in [-0.3, -0.25) is 4.79 Å². The molecule has 2 aromatic rings. The van der Waals surface area contributed by atoms with Crippen LogP contribution in [0.15, 0.2) is 36.7 Å². The van der Waals surface area contributed by atoms with Gasteiger partial charge >= 0.3 is 6.18 Å². The van der Waals surface area contributed by atoms with Crippen LogP contribution in [0.4, 0.5) is 24.7 Å². The molecule has 138 valence electrons. The van der Waals surface area contributed by atoms with E-state index in [1.165, 1.54) is 24.5 Å². The Bertz CT molecular complexity index is 759. The summed E-state index contributed by atoms with van der Waals surface area (Å²) < 4.78 is 43.6. The van der Waals surface area contributed by atoms with Crippen LogP contribution in [0.2, 0.25) is 0 Å². The van der Waals surface area contributed by atoms with Gasteiger partial charge < -0.3 is 15.4 Å². The van der Waals surface area contributed by atoms with Crippen LogP contribution in [0.25, 0.3) is 0 Å². The molecule has 0 spiro atoms. The number of rotatable bonds is 5.